The van der Waals surface area contributed by atoms with Crippen molar-refractivity contribution in [2.24, 2.45) is 0 Å². The molecule has 0 amide bonds. The molecule has 0 aliphatic heterocycles. The summed E-state index contributed by atoms with van der Waals surface area (Å²) < 4.78 is 0. The number of nitrogens with one attached hydrogen (secondary N) is 2. The number of hydrogen-bond acceptors (Lipinski definition) is 3. The van der Waals surface area contributed by atoms with Crippen LogP contribution in [0.15, 0.2) is 42.7 Å². The first-order valence-corrected chi connectivity index (χ1v) is 5.97. The topological polar surface area (TPSA) is 53.6 Å². The van der Waals surface area contributed by atoms with E-state index in [0.717, 1.165) is 11.1 Å². The standard InChI is InChI=1S/C13H11ClN4/c14-12-4-6-16-13(18-12)17-8-9-1-2-10-3-5-15-11(10)7-9/h1-7,15H,8H2,(H,16,17,18). The van der Waals surface area contributed by atoms with E-state index in [9.17, 15) is 0 Å². The highest BCUT2D eigenvalue weighted by atomic mass is 35.5. The van der Waals surface area contributed by atoms with Gasteiger partial charge >= 0.3 is 0 Å². The summed E-state index contributed by atoms with van der Waals surface area (Å²) in [6.07, 6.45) is 3.56. The van der Waals surface area contributed by atoms with E-state index in [1.54, 1.807) is 12.3 Å². The minimum Gasteiger partial charge on any atom is -0.361 e. The summed E-state index contributed by atoms with van der Waals surface area (Å²) in [4.78, 5) is 11.4. The van der Waals surface area contributed by atoms with Crippen molar-refractivity contribution in [3.8, 4) is 0 Å². The van der Waals surface area contributed by atoms with E-state index in [-0.39, 0.29) is 0 Å². The van der Waals surface area contributed by atoms with Crippen LogP contribution in [0.4, 0.5) is 5.95 Å². The molecule has 2 heterocycles. The average molecular weight is 259 g/mol. The van der Waals surface area contributed by atoms with Crippen molar-refractivity contribution in [1.29, 1.82) is 0 Å². The van der Waals surface area contributed by atoms with E-state index < -0.39 is 0 Å². The van der Waals surface area contributed by atoms with Crippen molar-refractivity contribution >= 4 is 28.5 Å². The molecule has 2 N–H and O–H groups in total. The van der Waals surface area contributed by atoms with Gasteiger partial charge in [-0.15, -0.1) is 0 Å². The molecule has 0 bridgehead atoms. The Morgan fingerprint density at radius 3 is 3.06 bits per heavy atom. The van der Waals surface area contributed by atoms with Crippen LogP contribution in [-0.4, -0.2) is 15.0 Å². The predicted molar refractivity (Wildman–Crippen MR) is 72.7 cm³/mol. The van der Waals surface area contributed by atoms with E-state index in [1.807, 2.05) is 12.3 Å². The van der Waals surface area contributed by atoms with Gasteiger partial charge in [0.15, 0.2) is 0 Å². The van der Waals surface area contributed by atoms with Crippen molar-refractivity contribution in [3.05, 3.63) is 53.4 Å². The maximum Gasteiger partial charge on any atom is 0.224 e. The molecule has 0 saturated carbocycles. The Hall–Kier alpha value is -2.07. The number of aromatic amines is 1. The second-order valence-corrected chi connectivity index (χ2v) is 4.34. The second-order valence-electron chi connectivity index (χ2n) is 3.96. The van der Waals surface area contributed by atoms with Crippen LogP contribution in [0.25, 0.3) is 10.9 Å². The molecule has 2 aromatic heterocycles. The normalized spacial score (nSPS) is 10.7. The molecule has 0 aliphatic carbocycles. The third-order valence-corrected chi connectivity index (χ3v) is 2.90. The van der Waals surface area contributed by atoms with E-state index >= 15 is 0 Å². The van der Waals surface area contributed by atoms with Gasteiger partial charge in [-0.25, -0.2) is 9.97 Å². The van der Waals surface area contributed by atoms with Gasteiger partial charge in [-0.3, -0.25) is 0 Å². The molecular weight excluding hydrogens is 248 g/mol. The van der Waals surface area contributed by atoms with Crippen LogP contribution >= 0.6 is 11.6 Å². The molecule has 0 spiro atoms. The van der Waals surface area contributed by atoms with Crippen LogP contribution in [-0.2, 0) is 6.54 Å². The Morgan fingerprint density at radius 1 is 1.22 bits per heavy atom. The lowest BCUT2D eigenvalue weighted by molar-refractivity contribution is 1.06. The molecule has 0 fully saturated rings. The Balaban J connectivity index is 1.76. The molecular formula is C13H11ClN4. The van der Waals surface area contributed by atoms with Gasteiger partial charge in [0.05, 0.1) is 0 Å². The zero-order valence-electron chi connectivity index (χ0n) is 9.52. The molecule has 3 aromatic rings. The highest BCUT2D eigenvalue weighted by Gasteiger charge is 1.99. The van der Waals surface area contributed by atoms with Crippen molar-refractivity contribution in [1.82, 2.24) is 15.0 Å². The first-order valence-electron chi connectivity index (χ1n) is 5.60. The van der Waals surface area contributed by atoms with Gasteiger partial charge in [0.25, 0.3) is 0 Å². The third-order valence-electron chi connectivity index (χ3n) is 2.69. The first kappa shape index (κ1) is 11.0. The quantitative estimate of drug-likeness (QED) is 0.709. The second kappa shape index (κ2) is 4.66. The van der Waals surface area contributed by atoms with Gasteiger partial charge in [0.1, 0.15) is 5.15 Å². The average Bonchev–Trinajstić information content (AvgIpc) is 2.84. The van der Waals surface area contributed by atoms with Gasteiger partial charge < -0.3 is 10.3 Å². The Labute approximate surface area is 109 Å². The van der Waals surface area contributed by atoms with Crippen molar-refractivity contribution in [3.63, 3.8) is 0 Å². The molecule has 0 radical (unpaired) electrons. The highest BCUT2D eigenvalue weighted by Crippen LogP contribution is 2.15. The molecule has 0 saturated heterocycles. The zero-order valence-corrected chi connectivity index (χ0v) is 10.3. The molecule has 18 heavy (non-hydrogen) atoms. The number of halogens is 1. The Bertz CT molecular complexity index is 677. The number of benzene rings is 1. The fourth-order valence-electron chi connectivity index (χ4n) is 1.81. The molecule has 0 unspecified atom stereocenters. The smallest absolute Gasteiger partial charge is 0.224 e. The number of fused-ring (bicyclic) bond motifs is 1. The van der Waals surface area contributed by atoms with Gasteiger partial charge in [0.2, 0.25) is 5.95 Å². The van der Waals surface area contributed by atoms with Crippen LogP contribution < -0.4 is 5.32 Å². The molecule has 3 rings (SSSR count). The number of nitrogens with zero attached hydrogens (tertiary/aromatic N) is 2. The SMILES string of the molecule is Clc1ccnc(NCc2ccc3cc[nH]c3c2)n1. The summed E-state index contributed by atoms with van der Waals surface area (Å²) in [5, 5.41) is 4.78. The van der Waals surface area contributed by atoms with Crippen molar-refractivity contribution < 1.29 is 0 Å². The number of H-pyrrole nitrogens is 1. The van der Waals surface area contributed by atoms with Gasteiger partial charge in [-0.05, 0) is 29.1 Å². The minimum atomic E-state index is 0.437. The van der Waals surface area contributed by atoms with Gasteiger partial charge in [0, 0.05) is 24.5 Å². The summed E-state index contributed by atoms with van der Waals surface area (Å²) in [5.74, 6) is 0.536. The molecule has 5 heteroatoms. The van der Waals surface area contributed by atoms with E-state index in [2.05, 4.69) is 38.5 Å². The highest BCUT2D eigenvalue weighted by molar-refractivity contribution is 6.29. The third kappa shape index (κ3) is 2.28. The van der Waals surface area contributed by atoms with Crippen LogP contribution in [0.5, 0.6) is 0 Å². The number of rotatable bonds is 3. The molecule has 0 atom stereocenters. The monoisotopic (exact) mass is 258 g/mol. The van der Waals surface area contributed by atoms with E-state index in [0.29, 0.717) is 17.6 Å². The van der Waals surface area contributed by atoms with Gasteiger partial charge in [-0.1, -0.05) is 23.7 Å². The maximum atomic E-state index is 5.79. The van der Waals surface area contributed by atoms with E-state index in [1.165, 1.54) is 5.39 Å². The summed E-state index contributed by atoms with van der Waals surface area (Å²) >= 11 is 5.79. The largest absolute Gasteiger partial charge is 0.361 e. The van der Waals surface area contributed by atoms with Crippen LogP contribution in [0, 0.1) is 0 Å². The minimum absolute atomic E-state index is 0.437. The lowest BCUT2D eigenvalue weighted by atomic mass is 10.1. The summed E-state index contributed by atoms with van der Waals surface area (Å²) in [7, 11) is 0. The lowest BCUT2D eigenvalue weighted by Gasteiger charge is -2.05. The molecule has 0 aliphatic rings. The zero-order chi connectivity index (χ0) is 12.4. The molecule has 4 nitrogen and oxygen atoms in total. The predicted octanol–water partition coefficient (Wildman–Crippen LogP) is 3.22. The van der Waals surface area contributed by atoms with Gasteiger partial charge in [-0.2, -0.15) is 0 Å². The van der Waals surface area contributed by atoms with Crippen LogP contribution in [0.1, 0.15) is 5.56 Å². The van der Waals surface area contributed by atoms with Crippen molar-refractivity contribution in [2.45, 2.75) is 6.54 Å². The fourth-order valence-corrected chi connectivity index (χ4v) is 1.94. The lowest BCUT2D eigenvalue weighted by Crippen LogP contribution is -2.03. The first-order chi connectivity index (χ1) is 8.81. The number of anilines is 1. The van der Waals surface area contributed by atoms with Crippen LogP contribution in [0.3, 0.4) is 0 Å². The molecule has 1 aromatic carbocycles. The van der Waals surface area contributed by atoms with Crippen LogP contribution in [0.2, 0.25) is 5.15 Å². The summed E-state index contributed by atoms with van der Waals surface area (Å²) in [6.45, 7) is 0.662. The van der Waals surface area contributed by atoms with Crippen molar-refractivity contribution in [2.75, 3.05) is 5.32 Å². The summed E-state index contributed by atoms with van der Waals surface area (Å²) in [6, 6.07) is 9.96. The van der Waals surface area contributed by atoms with E-state index in [4.69, 9.17) is 11.6 Å². The Morgan fingerprint density at radius 2 is 2.17 bits per heavy atom. The number of aromatic nitrogens is 3. The Kier molecular flexibility index (Phi) is 2.86. The maximum absolute atomic E-state index is 5.79. The summed E-state index contributed by atoms with van der Waals surface area (Å²) in [5.41, 5.74) is 2.29. The fraction of sp³-hybridized carbons (Fsp3) is 0.0769. The number of hydrogen-bond donors (Lipinski definition) is 2. The molecule has 90 valence electrons.